The predicted molar refractivity (Wildman–Crippen MR) is 80.3 cm³/mol. The average Bonchev–Trinajstić information content (AvgIpc) is 3.08. The molecular formula is C13H11Cl2N5O. The number of rotatable bonds is 4. The number of halogens is 2. The first-order chi connectivity index (χ1) is 10.1. The van der Waals surface area contributed by atoms with Crippen LogP contribution in [-0.4, -0.2) is 20.2 Å². The molecule has 3 aromatic rings. The summed E-state index contributed by atoms with van der Waals surface area (Å²) in [5, 5.41) is 15.4. The van der Waals surface area contributed by atoms with Crippen LogP contribution >= 0.6 is 23.2 Å². The van der Waals surface area contributed by atoms with Crippen molar-refractivity contribution < 1.29 is 4.42 Å². The van der Waals surface area contributed by atoms with Crippen LogP contribution in [-0.2, 0) is 13.6 Å². The number of furan rings is 1. The first-order valence-electron chi connectivity index (χ1n) is 6.14. The predicted octanol–water partition coefficient (Wildman–Crippen LogP) is 3.39. The largest absolute Gasteiger partial charge is 0.459 e. The lowest BCUT2D eigenvalue weighted by molar-refractivity contribution is 0.530. The summed E-state index contributed by atoms with van der Waals surface area (Å²) in [6.07, 6.45) is 0. The van der Waals surface area contributed by atoms with Crippen LogP contribution in [0.4, 0.5) is 5.95 Å². The molecule has 0 aliphatic carbocycles. The van der Waals surface area contributed by atoms with Crippen LogP contribution in [0.5, 0.6) is 0 Å². The summed E-state index contributed by atoms with van der Waals surface area (Å²) in [6, 6.07) is 8.96. The topological polar surface area (TPSA) is 68.8 Å². The van der Waals surface area contributed by atoms with E-state index >= 15 is 0 Å². The second kappa shape index (κ2) is 5.75. The number of anilines is 1. The number of nitrogens with one attached hydrogen (secondary N) is 1. The molecule has 0 spiro atoms. The summed E-state index contributed by atoms with van der Waals surface area (Å²) in [5.41, 5.74) is 0.760. The molecule has 2 aromatic heterocycles. The van der Waals surface area contributed by atoms with Gasteiger partial charge in [-0.3, -0.25) is 0 Å². The van der Waals surface area contributed by atoms with Crippen LogP contribution in [0.15, 0.2) is 34.7 Å². The molecule has 1 N–H and O–H groups in total. The van der Waals surface area contributed by atoms with E-state index in [1.807, 2.05) is 12.1 Å². The number of hydrogen-bond acceptors (Lipinski definition) is 5. The van der Waals surface area contributed by atoms with Crippen LogP contribution in [0.1, 0.15) is 5.76 Å². The zero-order valence-electron chi connectivity index (χ0n) is 11.0. The Bertz CT molecular complexity index is 768. The van der Waals surface area contributed by atoms with Gasteiger partial charge in [-0.15, -0.1) is 0 Å². The van der Waals surface area contributed by atoms with E-state index in [0.29, 0.717) is 28.3 Å². The number of aromatic nitrogens is 4. The molecule has 2 heterocycles. The molecular weight excluding hydrogens is 313 g/mol. The van der Waals surface area contributed by atoms with E-state index in [1.165, 1.54) is 4.68 Å². The molecule has 3 rings (SSSR count). The van der Waals surface area contributed by atoms with Gasteiger partial charge in [0.15, 0.2) is 0 Å². The zero-order chi connectivity index (χ0) is 14.8. The minimum atomic E-state index is 0.465. The van der Waals surface area contributed by atoms with Gasteiger partial charge in [0.05, 0.1) is 11.6 Å². The molecule has 1 aromatic carbocycles. The second-order valence-electron chi connectivity index (χ2n) is 4.37. The van der Waals surface area contributed by atoms with E-state index in [4.69, 9.17) is 27.6 Å². The van der Waals surface area contributed by atoms with Crippen molar-refractivity contribution in [3.05, 3.63) is 46.1 Å². The summed E-state index contributed by atoms with van der Waals surface area (Å²) in [4.78, 5) is 0. The number of hydrogen-bond donors (Lipinski definition) is 1. The fourth-order valence-corrected chi connectivity index (χ4v) is 2.23. The van der Waals surface area contributed by atoms with Gasteiger partial charge < -0.3 is 9.73 Å². The highest BCUT2D eigenvalue weighted by atomic mass is 35.5. The average molecular weight is 324 g/mol. The van der Waals surface area contributed by atoms with Gasteiger partial charge in [-0.05, 0) is 40.8 Å². The van der Waals surface area contributed by atoms with Crippen molar-refractivity contribution in [1.82, 2.24) is 20.2 Å². The minimum absolute atomic E-state index is 0.465. The van der Waals surface area contributed by atoms with Gasteiger partial charge in [-0.25, -0.2) is 4.68 Å². The zero-order valence-corrected chi connectivity index (χ0v) is 12.6. The van der Waals surface area contributed by atoms with Gasteiger partial charge in [-0.1, -0.05) is 28.3 Å². The third-order valence-corrected chi connectivity index (χ3v) is 3.46. The number of aryl methyl sites for hydroxylation is 1. The Balaban J connectivity index is 1.77. The van der Waals surface area contributed by atoms with Gasteiger partial charge in [0, 0.05) is 17.6 Å². The third-order valence-electron chi connectivity index (χ3n) is 2.90. The lowest BCUT2D eigenvalue weighted by atomic mass is 10.2. The summed E-state index contributed by atoms with van der Waals surface area (Å²) in [6.45, 7) is 0.465. The highest BCUT2D eigenvalue weighted by Gasteiger charge is 2.10. The van der Waals surface area contributed by atoms with Crippen LogP contribution in [0, 0.1) is 0 Å². The molecule has 0 atom stereocenters. The standard InChI is InChI=1S/C13H11Cl2N5O/c1-20-13(17-18-19-20)16-7-9-3-5-12(21-9)10-6-8(14)2-4-11(10)15/h2-6H,7H2,1H3,(H,16,17,19). The summed E-state index contributed by atoms with van der Waals surface area (Å²) >= 11 is 12.1. The smallest absolute Gasteiger partial charge is 0.243 e. The molecule has 0 saturated heterocycles. The Morgan fingerprint density at radius 1 is 1.24 bits per heavy atom. The lowest BCUT2D eigenvalue weighted by Crippen LogP contribution is -2.04. The summed E-state index contributed by atoms with van der Waals surface area (Å²) < 4.78 is 7.30. The van der Waals surface area contributed by atoms with Crippen molar-refractivity contribution in [3.63, 3.8) is 0 Å². The first-order valence-corrected chi connectivity index (χ1v) is 6.89. The maximum absolute atomic E-state index is 6.15. The Morgan fingerprint density at radius 2 is 2.10 bits per heavy atom. The summed E-state index contributed by atoms with van der Waals surface area (Å²) in [5.74, 6) is 1.97. The van der Waals surface area contributed by atoms with Crippen molar-refractivity contribution in [1.29, 1.82) is 0 Å². The highest BCUT2D eigenvalue weighted by Crippen LogP contribution is 2.31. The third kappa shape index (κ3) is 3.01. The molecule has 108 valence electrons. The van der Waals surface area contributed by atoms with Crippen molar-refractivity contribution >= 4 is 29.2 Å². The van der Waals surface area contributed by atoms with Crippen molar-refractivity contribution in [2.75, 3.05) is 5.32 Å². The Hall–Kier alpha value is -2.05. The Labute approximate surface area is 130 Å². The molecule has 0 fully saturated rings. The van der Waals surface area contributed by atoms with E-state index in [2.05, 4.69) is 20.8 Å². The number of nitrogens with zero attached hydrogens (tertiary/aromatic N) is 4. The lowest BCUT2D eigenvalue weighted by Gasteiger charge is -2.03. The molecule has 0 radical (unpaired) electrons. The molecule has 6 nitrogen and oxygen atoms in total. The molecule has 0 unspecified atom stereocenters. The van der Waals surface area contributed by atoms with Crippen molar-refractivity contribution in [2.24, 2.45) is 7.05 Å². The van der Waals surface area contributed by atoms with Crippen molar-refractivity contribution in [3.8, 4) is 11.3 Å². The van der Waals surface area contributed by atoms with Crippen LogP contribution in [0.3, 0.4) is 0 Å². The van der Waals surface area contributed by atoms with Gasteiger partial charge in [0.1, 0.15) is 11.5 Å². The quantitative estimate of drug-likeness (QED) is 0.797. The highest BCUT2D eigenvalue weighted by molar-refractivity contribution is 6.35. The molecule has 0 saturated carbocycles. The molecule has 21 heavy (non-hydrogen) atoms. The van der Waals surface area contributed by atoms with Crippen LogP contribution < -0.4 is 5.32 Å². The fraction of sp³-hybridized carbons (Fsp3) is 0.154. The van der Waals surface area contributed by atoms with E-state index in [9.17, 15) is 0 Å². The fourth-order valence-electron chi connectivity index (χ4n) is 1.85. The molecule has 8 heteroatoms. The van der Waals surface area contributed by atoms with E-state index < -0.39 is 0 Å². The first kappa shape index (κ1) is 13.9. The normalized spacial score (nSPS) is 10.8. The molecule has 0 aliphatic rings. The molecule has 0 aliphatic heterocycles. The van der Waals surface area contributed by atoms with Crippen LogP contribution in [0.2, 0.25) is 10.0 Å². The summed E-state index contributed by atoms with van der Waals surface area (Å²) in [7, 11) is 1.75. The maximum atomic E-state index is 6.15. The van der Waals surface area contributed by atoms with Crippen molar-refractivity contribution in [2.45, 2.75) is 6.54 Å². The van der Waals surface area contributed by atoms with Gasteiger partial charge in [-0.2, -0.15) is 0 Å². The second-order valence-corrected chi connectivity index (χ2v) is 5.21. The van der Waals surface area contributed by atoms with Crippen LogP contribution in [0.25, 0.3) is 11.3 Å². The molecule has 0 bridgehead atoms. The van der Waals surface area contributed by atoms with Gasteiger partial charge in [0.2, 0.25) is 5.95 Å². The molecule has 0 amide bonds. The van der Waals surface area contributed by atoms with E-state index in [0.717, 1.165) is 11.3 Å². The van der Waals surface area contributed by atoms with Gasteiger partial charge >= 0.3 is 0 Å². The number of tetrazole rings is 1. The number of benzene rings is 1. The minimum Gasteiger partial charge on any atom is -0.459 e. The van der Waals surface area contributed by atoms with E-state index in [1.54, 1.807) is 25.2 Å². The van der Waals surface area contributed by atoms with Gasteiger partial charge in [0.25, 0.3) is 0 Å². The maximum Gasteiger partial charge on any atom is 0.243 e. The Morgan fingerprint density at radius 3 is 2.86 bits per heavy atom. The Kier molecular flexibility index (Phi) is 3.81. The SMILES string of the molecule is Cn1nnnc1NCc1ccc(-c2cc(Cl)ccc2Cl)o1. The monoisotopic (exact) mass is 323 g/mol. The van der Waals surface area contributed by atoms with E-state index in [-0.39, 0.29) is 0 Å².